The number of carbonyl (C=O) groups excluding carboxylic acids is 2. The third-order valence-electron chi connectivity index (χ3n) is 4.68. The zero-order valence-electron chi connectivity index (χ0n) is 16.2. The van der Waals surface area contributed by atoms with Crippen molar-refractivity contribution >= 4 is 28.8 Å². The van der Waals surface area contributed by atoms with Gasteiger partial charge in [-0.2, -0.15) is 0 Å². The summed E-state index contributed by atoms with van der Waals surface area (Å²) in [7, 11) is 0. The molecule has 2 N–H and O–H groups in total. The van der Waals surface area contributed by atoms with Gasteiger partial charge in [0.1, 0.15) is 11.9 Å². The lowest BCUT2D eigenvalue weighted by Crippen LogP contribution is -2.48. The van der Waals surface area contributed by atoms with Crippen molar-refractivity contribution in [2.75, 3.05) is 6.54 Å². The first-order valence-electron chi connectivity index (χ1n) is 9.65. The minimum Gasteiger partial charge on any atom is -0.354 e. The Labute approximate surface area is 177 Å². The molecular formula is C22H21N5O2S. The molecule has 4 aromatic rings. The Morgan fingerprint density at radius 3 is 2.63 bits per heavy atom. The summed E-state index contributed by atoms with van der Waals surface area (Å²) < 4.78 is 1.90. The molecule has 1 aromatic carbocycles. The van der Waals surface area contributed by atoms with E-state index < -0.39 is 6.04 Å². The van der Waals surface area contributed by atoms with Crippen LogP contribution in [0.5, 0.6) is 0 Å². The Hall–Kier alpha value is -3.52. The maximum Gasteiger partial charge on any atom is 0.262 e. The van der Waals surface area contributed by atoms with Gasteiger partial charge in [0.2, 0.25) is 5.91 Å². The van der Waals surface area contributed by atoms with Gasteiger partial charge < -0.3 is 10.6 Å². The van der Waals surface area contributed by atoms with Crippen LogP contribution in [0.2, 0.25) is 0 Å². The number of carbonyl (C=O) groups is 2. The number of amides is 2. The lowest BCUT2D eigenvalue weighted by atomic mass is 10.1. The van der Waals surface area contributed by atoms with Crippen LogP contribution in [0.1, 0.15) is 21.1 Å². The van der Waals surface area contributed by atoms with Crippen LogP contribution in [0.25, 0.3) is 5.65 Å². The van der Waals surface area contributed by atoms with Crippen LogP contribution in [0, 0.1) is 0 Å². The molecule has 30 heavy (non-hydrogen) atoms. The molecule has 152 valence electrons. The summed E-state index contributed by atoms with van der Waals surface area (Å²) in [5.41, 5.74) is 1.75. The summed E-state index contributed by atoms with van der Waals surface area (Å²) in [5.74, 6) is 0.301. The number of hydrogen-bond acceptors (Lipinski definition) is 5. The number of aromatic nitrogens is 3. The summed E-state index contributed by atoms with van der Waals surface area (Å²) in [5, 5.41) is 15.9. The molecule has 0 bridgehead atoms. The van der Waals surface area contributed by atoms with Gasteiger partial charge in [-0.05, 0) is 29.1 Å². The first-order valence-corrected chi connectivity index (χ1v) is 10.5. The highest BCUT2D eigenvalue weighted by Gasteiger charge is 2.22. The van der Waals surface area contributed by atoms with E-state index in [0.717, 1.165) is 17.0 Å². The number of benzene rings is 1. The lowest BCUT2D eigenvalue weighted by molar-refractivity contribution is -0.122. The number of rotatable bonds is 8. The standard InChI is InChI=1S/C22H21N5O2S/c28-21(23-12-11-20-26-25-19-10-4-5-13-27(19)20)17(15-16-7-2-1-3-8-16)24-22(29)18-9-6-14-30-18/h1-10,13-14,17H,11-12,15H2,(H,23,28)(H,24,29). The summed E-state index contributed by atoms with van der Waals surface area (Å²) in [6.45, 7) is 0.398. The molecule has 4 rings (SSSR count). The molecule has 0 aliphatic rings. The lowest BCUT2D eigenvalue weighted by Gasteiger charge is -2.18. The van der Waals surface area contributed by atoms with Crippen LogP contribution in [-0.4, -0.2) is 39.0 Å². The van der Waals surface area contributed by atoms with Crippen molar-refractivity contribution in [3.63, 3.8) is 0 Å². The normalized spacial score (nSPS) is 11.9. The number of pyridine rings is 1. The second kappa shape index (κ2) is 9.32. The number of thiophene rings is 1. The van der Waals surface area contributed by atoms with E-state index in [9.17, 15) is 9.59 Å². The summed E-state index contributed by atoms with van der Waals surface area (Å²) in [6, 6.07) is 18.2. The van der Waals surface area contributed by atoms with Crippen molar-refractivity contribution in [3.8, 4) is 0 Å². The molecule has 0 saturated carbocycles. The first kappa shape index (κ1) is 19.8. The fraction of sp³-hybridized carbons (Fsp3) is 0.182. The Bertz CT molecular complexity index is 1120. The Morgan fingerprint density at radius 2 is 1.83 bits per heavy atom. The predicted molar refractivity (Wildman–Crippen MR) is 115 cm³/mol. The molecule has 3 aromatic heterocycles. The van der Waals surface area contributed by atoms with Gasteiger partial charge in [-0.1, -0.05) is 42.5 Å². The van der Waals surface area contributed by atoms with Gasteiger partial charge in [0.15, 0.2) is 5.65 Å². The van der Waals surface area contributed by atoms with Crippen molar-refractivity contribution in [2.24, 2.45) is 0 Å². The van der Waals surface area contributed by atoms with Gasteiger partial charge in [-0.3, -0.25) is 14.0 Å². The quantitative estimate of drug-likeness (QED) is 0.459. The zero-order chi connectivity index (χ0) is 20.8. The zero-order valence-corrected chi connectivity index (χ0v) is 17.0. The van der Waals surface area contributed by atoms with Gasteiger partial charge in [0.05, 0.1) is 4.88 Å². The van der Waals surface area contributed by atoms with Gasteiger partial charge in [0.25, 0.3) is 5.91 Å². The maximum atomic E-state index is 12.9. The molecule has 0 saturated heterocycles. The number of nitrogens with one attached hydrogen (secondary N) is 2. The Morgan fingerprint density at radius 1 is 1.00 bits per heavy atom. The molecule has 3 heterocycles. The smallest absolute Gasteiger partial charge is 0.262 e. The van der Waals surface area contributed by atoms with E-state index in [2.05, 4.69) is 20.8 Å². The summed E-state index contributed by atoms with van der Waals surface area (Å²) in [6.07, 6.45) is 2.84. The number of nitrogens with zero attached hydrogens (tertiary/aromatic N) is 3. The van der Waals surface area contributed by atoms with Gasteiger partial charge in [-0.15, -0.1) is 21.5 Å². The van der Waals surface area contributed by atoms with Crippen molar-refractivity contribution in [2.45, 2.75) is 18.9 Å². The van der Waals surface area contributed by atoms with Crippen LogP contribution in [0.15, 0.2) is 72.2 Å². The van der Waals surface area contributed by atoms with E-state index >= 15 is 0 Å². The Balaban J connectivity index is 1.41. The van der Waals surface area contributed by atoms with Gasteiger partial charge in [0, 0.05) is 25.6 Å². The topological polar surface area (TPSA) is 88.4 Å². The monoisotopic (exact) mass is 419 g/mol. The average Bonchev–Trinajstić information content (AvgIpc) is 3.45. The highest BCUT2D eigenvalue weighted by Crippen LogP contribution is 2.10. The molecule has 0 radical (unpaired) electrons. The molecule has 0 aliphatic carbocycles. The molecule has 1 atom stereocenters. The van der Waals surface area contributed by atoms with Gasteiger partial charge in [-0.25, -0.2) is 0 Å². The fourth-order valence-electron chi connectivity index (χ4n) is 3.18. The predicted octanol–water partition coefficient (Wildman–Crippen LogP) is 2.49. The Kier molecular flexibility index (Phi) is 6.14. The number of fused-ring (bicyclic) bond motifs is 1. The minimum atomic E-state index is -0.669. The van der Waals surface area contributed by atoms with Crippen LogP contribution in [0.3, 0.4) is 0 Å². The van der Waals surface area contributed by atoms with Crippen LogP contribution in [0.4, 0.5) is 0 Å². The maximum absolute atomic E-state index is 12.9. The highest BCUT2D eigenvalue weighted by molar-refractivity contribution is 7.12. The van der Waals surface area contributed by atoms with E-state index in [-0.39, 0.29) is 11.8 Å². The highest BCUT2D eigenvalue weighted by atomic mass is 32.1. The van der Waals surface area contributed by atoms with Crippen molar-refractivity contribution in [1.29, 1.82) is 0 Å². The third kappa shape index (κ3) is 4.72. The fourth-order valence-corrected chi connectivity index (χ4v) is 3.81. The SMILES string of the molecule is O=C(NC(Cc1ccccc1)C(=O)NCCc1nnc2ccccn12)c1cccs1. The van der Waals surface area contributed by atoms with Crippen LogP contribution < -0.4 is 10.6 Å². The third-order valence-corrected chi connectivity index (χ3v) is 5.55. The van der Waals surface area contributed by atoms with Crippen LogP contribution in [-0.2, 0) is 17.6 Å². The van der Waals surface area contributed by atoms with Crippen LogP contribution >= 0.6 is 11.3 Å². The molecular weight excluding hydrogens is 398 g/mol. The molecule has 0 fully saturated rings. The summed E-state index contributed by atoms with van der Waals surface area (Å²) >= 11 is 1.35. The first-order chi connectivity index (χ1) is 14.7. The molecule has 0 spiro atoms. The van der Waals surface area contributed by atoms with E-state index in [0.29, 0.717) is 24.3 Å². The van der Waals surface area contributed by atoms with E-state index in [1.165, 1.54) is 11.3 Å². The number of hydrogen-bond donors (Lipinski definition) is 2. The van der Waals surface area contributed by atoms with Crippen molar-refractivity contribution in [3.05, 3.63) is 88.5 Å². The molecule has 7 nitrogen and oxygen atoms in total. The second-order valence-corrected chi connectivity index (χ2v) is 7.73. The van der Waals surface area contributed by atoms with E-state index in [1.54, 1.807) is 6.07 Å². The van der Waals surface area contributed by atoms with Crippen molar-refractivity contribution in [1.82, 2.24) is 25.2 Å². The minimum absolute atomic E-state index is 0.224. The molecule has 0 aliphatic heterocycles. The van der Waals surface area contributed by atoms with Gasteiger partial charge >= 0.3 is 0 Å². The average molecular weight is 420 g/mol. The molecule has 2 amide bonds. The van der Waals surface area contributed by atoms with E-state index in [1.807, 2.05) is 70.6 Å². The van der Waals surface area contributed by atoms with Crippen molar-refractivity contribution < 1.29 is 9.59 Å². The van der Waals surface area contributed by atoms with E-state index in [4.69, 9.17) is 0 Å². The second-order valence-electron chi connectivity index (χ2n) is 6.78. The largest absolute Gasteiger partial charge is 0.354 e. The molecule has 8 heteroatoms. The molecule has 1 unspecified atom stereocenters. The summed E-state index contributed by atoms with van der Waals surface area (Å²) in [4.78, 5) is 26.0.